The number of carbonyl (C=O) groups is 2. The minimum atomic E-state index is -5.40. The molecule has 0 bridgehead atoms. The van der Waals surface area contributed by atoms with Crippen molar-refractivity contribution in [3.05, 3.63) is 85.1 Å². The van der Waals surface area contributed by atoms with Crippen LogP contribution in [0.4, 0.5) is 0 Å². The summed E-state index contributed by atoms with van der Waals surface area (Å²) in [4.78, 5) is 54.4. The molecule has 0 radical (unpaired) electrons. The summed E-state index contributed by atoms with van der Waals surface area (Å²) in [5.41, 5.74) is 0. The van der Waals surface area contributed by atoms with Crippen LogP contribution in [0, 0.1) is 0 Å². The van der Waals surface area contributed by atoms with Gasteiger partial charge in [0.2, 0.25) is 0 Å². The van der Waals surface area contributed by atoms with Gasteiger partial charge in [0.25, 0.3) is 0 Å². The van der Waals surface area contributed by atoms with Crippen molar-refractivity contribution < 1.29 is 87.1 Å². The lowest BCUT2D eigenvalue weighted by molar-refractivity contribution is -0.216. The number of aliphatic hydroxyl groups is 6. The summed E-state index contributed by atoms with van der Waals surface area (Å²) in [6.07, 6.45) is 28.8. The number of unbranched alkanes of at least 4 members (excludes halogenated alkanes) is 14. The molecule has 9 N–H and O–H groups in total. The van der Waals surface area contributed by atoms with E-state index in [0.717, 1.165) is 57.8 Å². The molecule has 1 saturated carbocycles. The largest absolute Gasteiger partial charge is 0.472 e. The maximum Gasteiger partial charge on any atom is 0.472 e. The molecule has 0 aliphatic heterocycles. The van der Waals surface area contributed by atoms with Gasteiger partial charge in [0, 0.05) is 12.8 Å². The fraction of sp³-hybridized carbons (Fsp3) is 0.686. The van der Waals surface area contributed by atoms with Crippen LogP contribution in [0.5, 0.6) is 0 Å². The number of rotatable bonds is 41. The molecule has 1 aliphatic carbocycles. The van der Waals surface area contributed by atoms with Gasteiger partial charge in [-0.1, -0.05) is 163 Å². The molecule has 10 atom stereocenters. The van der Waals surface area contributed by atoms with Crippen molar-refractivity contribution in [1.29, 1.82) is 0 Å². The van der Waals surface area contributed by atoms with Crippen molar-refractivity contribution in [2.24, 2.45) is 0 Å². The van der Waals surface area contributed by atoms with Crippen LogP contribution in [0.15, 0.2) is 85.1 Å². The van der Waals surface area contributed by atoms with Gasteiger partial charge in [-0.25, -0.2) is 9.13 Å². The van der Waals surface area contributed by atoms with E-state index in [0.29, 0.717) is 25.7 Å². The number of ether oxygens (including phenoxy) is 2. The molecule has 71 heavy (non-hydrogen) atoms. The first-order chi connectivity index (χ1) is 33.9. The fourth-order valence-electron chi connectivity index (χ4n) is 7.17. The van der Waals surface area contributed by atoms with Crippen LogP contribution in [0.1, 0.15) is 155 Å². The van der Waals surface area contributed by atoms with Crippen LogP contribution >= 0.6 is 15.6 Å². The Balaban J connectivity index is 2.67. The second-order valence-electron chi connectivity index (χ2n) is 17.5. The fourth-order valence-corrected chi connectivity index (χ4v) is 8.71. The van der Waals surface area contributed by atoms with Gasteiger partial charge < -0.3 is 54.8 Å². The summed E-state index contributed by atoms with van der Waals surface area (Å²) >= 11 is 0. The van der Waals surface area contributed by atoms with Crippen molar-refractivity contribution in [2.45, 2.75) is 210 Å². The lowest BCUT2D eigenvalue weighted by Crippen LogP contribution is -2.64. The van der Waals surface area contributed by atoms with Crippen LogP contribution in [-0.4, -0.2) is 125 Å². The molecule has 20 heteroatoms. The highest BCUT2D eigenvalue weighted by atomic mass is 31.2. The highest BCUT2D eigenvalue weighted by Gasteiger charge is 2.54. The topological polar surface area (TPSA) is 296 Å². The third-order valence-electron chi connectivity index (χ3n) is 11.1. The molecule has 0 spiro atoms. The van der Waals surface area contributed by atoms with E-state index in [1.54, 1.807) is 36.5 Å². The Labute approximate surface area is 421 Å². The summed E-state index contributed by atoms with van der Waals surface area (Å²) < 4.78 is 49.3. The zero-order valence-electron chi connectivity index (χ0n) is 41.8. The third-order valence-corrected chi connectivity index (χ3v) is 12.6. The van der Waals surface area contributed by atoms with Gasteiger partial charge in [0.15, 0.2) is 6.10 Å². The summed E-state index contributed by atoms with van der Waals surface area (Å²) in [7, 11) is -10.8. The molecule has 1 aliphatic rings. The predicted octanol–water partition coefficient (Wildman–Crippen LogP) is 8.12. The Kier molecular flexibility index (Phi) is 37.7. The number of allylic oxidation sites excluding steroid dienone is 10. The lowest BCUT2D eigenvalue weighted by Gasteiger charge is -2.43. The highest BCUT2D eigenvalue weighted by Crippen LogP contribution is 2.49. The third kappa shape index (κ3) is 35.0. The average Bonchev–Trinajstić information content (AvgIpc) is 3.32. The molecule has 0 aromatic carbocycles. The molecule has 18 nitrogen and oxygen atoms in total. The Bertz CT molecular complexity index is 1720. The molecule has 1 rings (SSSR count). The molecule has 5 unspecified atom stereocenters. The number of phosphoric acid groups is 2. The van der Waals surface area contributed by atoms with Gasteiger partial charge >= 0.3 is 27.6 Å². The Morgan fingerprint density at radius 2 is 1.10 bits per heavy atom. The van der Waals surface area contributed by atoms with Crippen molar-refractivity contribution in [1.82, 2.24) is 0 Å². The van der Waals surface area contributed by atoms with Gasteiger partial charge in [-0.3, -0.25) is 23.2 Å². The van der Waals surface area contributed by atoms with Gasteiger partial charge in [0.1, 0.15) is 43.2 Å². The van der Waals surface area contributed by atoms with Gasteiger partial charge in [-0.2, -0.15) is 0 Å². The first kappa shape index (κ1) is 66.1. The number of esters is 2. The summed E-state index contributed by atoms with van der Waals surface area (Å²) in [6.45, 7) is 2.76. The van der Waals surface area contributed by atoms with Crippen molar-refractivity contribution in [2.75, 3.05) is 13.2 Å². The first-order valence-electron chi connectivity index (χ1n) is 25.4. The summed E-state index contributed by atoms with van der Waals surface area (Å²) in [5.74, 6) is -1.40. The molecular weight excluding hydrogens is 962 g/mol. The van der Waals surface area contributed by atoms with Crippen LogP contribution in [0.3, 0.4) is 0 Å². The minimum absolute atomic E-state index is 0.0685. The van der Waals surface area contributed by atoms with E-state index >= 15 is 0 Å². The molecule has 0 heterocycles. The molecular formula is C51H86O18P2. The predicted molar refractivity (Wildman–Crippen MR) is 271 cm³/mol. The Morgan fingerprint density at radius 1 is 0.549 bits per heavy atom. The van der Waals surface area contributed by atoms with Crippen molar-refractivity contribution in [3.8, 4) is 0 Å². The van der Waals surface area contributed by atoms with Crippen LogP contribution < -0.4 is 0 Å². The summed E-state index contributed by atoms with van der Waals surface area (Å²) in [6, 6.07) is 0. The van der Waals surface area contributed by atoms with E-state index < -0.39 is 95.7 Å². The van der Waals surface area contributed by atoms with E-state index in [4.69, 9.17) is 18.5 Å². The van der Waals surface area contributed by atoms with Gasteiger partial charge in [0.05, 0.1) is 18.8 Å². The number of hydrogen-bond acceptors (Lipinski definition) is 15. The SMILES string of the molecule is CC/C=C\C[C@H](O)/C=C/C=C\C/C=C\C=C\[C@H](O)/C=C\CCCC(=O)O[C@H](COC(=O)CCCCCCCCC/C=C\CCCCCCCC)COP(=O)(O)O[C@H]1C(O)C(O)C(O)[C@@H](OP(=O)(O)O)C1O. The van der Waals surface area contributed by atoms with Gasteiger partial charge in [-0.05, 0) is 64.2 Å². The van der Waals surface area contributed by atoms with Crippen molar-refractivity contribution >= 4 is 27.6 Å². The standard InChI is InChI=1S/C51H86O18P2/c1-3-5-7-8-9-10-11-12-13-14-15-16-17-18-22-25-31-37-44(54)65-39-43(40-66-71(63,64)69-51-48(58)46(56)47(57)50(49(51)59)68-70(60,61)62)67-45(55)38-32-26-30-36-42(53)35-29-24-21-19-20-23-28-34-41(52)33-27-6-4-2/h6,12-13,20-21,23-24,27-30,34-36,41-43,46-53,56-59H,3-5,7-11,14-19,22,25-26,31-33,37-40H2,1-2H3,(H,63,64)(H2,60,61,62)/b13-12-,23-20-,24-21-,27-6-,34-28+,35-29+,36-30-/t41-,42-,43+,46?,47?,48?,49?,50+,51-/m0/s1. The molecule has 0 saturated heterocycles. The number of phosphoric ester groups is 2. The maximum absolute atomic E-state index is 13.0. The lowest BCUT2D eigenvalue weighted by atomic mass is 9.85. The zero-order valence-corrected chi connectivity index (χ0v) is 43.6. The molecule has 0 amide bonds. The summed E-state index contributed by atoms with van der Waals surface area (Å²) in [5, 5.41) is 61.4. The first-order valence-corrected chi connectivity index (χ1v) is 28.4. The Morgan fingerprint density at radius 3 is 1.70 bits per heavy atom. The average molecular weight is 1050 g/mol. The minimum Gasteiger partial charge on any atom is -0.462 e. The molecule has 1 fully saturated rings. The molecule has 408 valence electrons. The monoisotopic (exact) mass is 1050 g/mol. The Hall–Kier alpha value is -2.90. The highest BCUT2D eigenvalue weighted by molar-refractivity contribution is 7.47. The van der Waals surface area contributed by atoms with Gasteiger partial charge in [-0.15, -0.1) is 0 Å². The van der Waals surface area contributed by atoms with Crippen LogP contribution in [0.25, 0.3) is 0 Å². The van der Waals surface area contributed by atoms with Crippen LogP contribution in [-0.2, 0) is 41.8 Å². The molecule has 0 aromatic heterocycles. The van der Waals surface area contributed by atoms with E-state index in [-0.39, 0.29) is 19.3 Å². The number of carbonyl (C=O) groups excluding carboxylic acids is 2. The zero-order chi connectivity index (χ0) is 52.8. The van der Waals surface area contributed by atoms with Crippen molar-refractivity contribution in [3.63, 3.8) is 0 Å². The van der Waals surface area contributed by atoms with E-state index in [9.17, 15) is 64.0 Å². The second kappa shape index (κ2) is 40.5. The second-order valence-corrected chi connectivity index (χ2v) is 20.1. The van der Waals surface area contributed by atoms with E-state index in [1.165, 1.54) is 44.6 Å². The van der Waals surface area contributed by atoms with E-state index in [1.807, 2.05) is 37.3 Å². The smallest absolute Gasteiger partial charge is 0.462 e. The number of hydrogen-bond donors (Lipinski definition) is 9. The quantitative estimate of drug-likeness (QED) is 0.00918. The van der Waals surface area contributed by atoms with Crippen LogP contribution in [0.2, 0.25) is 0 Å². The maximum atomic E-state index is 13.0. The molecule has 0 aromatic rings. The normalized spacial score (nSPS) is 22.5. The number of aliphatic hydroxyl groups excluding tert-OH is 6. The van der Waals surface area contributed by atoms with E-state index in [2.05, 4.69) is 23.6 Å².